The molecule has 0 saturated heterocycles. The molecule has 2 N–H and O–H groups in total. The number of aromatic nitrogens is 2. The maximum atomic E-state index is 12.5. The lowest BCUT2D eigenvalue weighted by atomic mass is 10.1. The molecule has 2 aromatic carbocycles. The molecule has 0 aliphatic carbocycles. The summed E-state index contributed by atoms with van der Waals surface area (Å²) in [5, 5.41) is 6.92. The lowest BCUT2D eigenvalue weighted by molar-refractivity contribution is -0.137. The van der Waals surface area contributed by atoms with Crippen molar-refractivity contribution in [2.24, 2.45) is 0 Å². The lowest BCUT2D eigenvalue weighted by Gasteiger charge is -2.08. The number of hydrogen-bond donors (Lipinski definition) is 2. The third kappa shape index (κ3) is 3.68. The molecule has 0 fully saturated rings. The van der Waals surface area contributed by atoms with Crippen LogP contribution in [0, 0.1) is 0 Å². The molecular formula is C16H12F3N3S. The summed E-state index contributed by atoms with van der Waals surface area (Å²) in [7, 11) is 0. The van der Waals surface area contributed by atoms with Crippen LogP contribution in [-0.4, -0.2) is 10.2 Å². The van der Waals surface area contributed by atoms with Gasteiger partial charge in [0, 0.05) is 10.5 Å². The average Bonchev–Trinajstić information content (AvgIpc) is 3.02. The van der Waals surface area contributed by atoms with Crippen LogP contribution in [-0.2, 0) is 6.18 Å². The first-order valence-corrected chi connectivity index (χ1v) is 7.54. The van der Waals surface area contributed by atoms with Crippen molar-refractivity contribution in [3.63, 3.8) is 0 Å². The summed E-state index contributed by atoms with van der Waals surface area (Å²) >= 11 is 1.23. The molecule has 0 aliphatic heterocycles. The van der Waals surface area contributed by atoms with Crippen LogP contribution < -0.4 is 4.72 Å². The summed E-state index contributed by atoms with van der Waals surface area (Å²) in [5.41, 5.74) is 1.90. The van der Waals surface area contributed by atoms with Crippen LogP contribution >= 0.6 is 11.9 Å². The molecule has 0 aliphatic rings. The summed E-state index contributed by atoms with van der Waals surface area (Å²) < 4.78 is 40.7. The fourth-order valence-corrected chi connectivity index (χ4v) is 2.67. The molecule has 3 nitrogen and oxygen atoms in total. The fourth-order valence-electron chi connectivity index (χ4n) is 2.01. The number of anilines is 1. The minimum atomic E-state index is -4.32. The summed E-state index contributed by atoms with van der Waals surface area (Å²) in [6.45, 7) is 0. The predicted octanol–water partition coefficient (Wildman–Crippen LogP) is 5.21. The number of hydrogen-bond acceptors (Lipinski definition) is 3. The molecule has 0 amide bonds. The summed E-state index contributed by atoms with van der Waals surface area (Å²) in [6, 6.07) is 14.7. The third-order valence-corrected chi connectivity index (χ3v) is 3.99. The number of H-pyrrole nitrogens is 1. The van der Waals surface area contributed by atoms with Gasteiger partial charge in [0.05, 0.1) is 23.1 Å². The van der Waals surface area contributed by atoms with Crippen molar-refractivity contribution in [1.82, 2.24) is 10.2 Å². The Morgan fingerprint density at radius 3 is 2.30 bits per heavy atom. The largest absolute Gasteiger partial charge is 0.416 e. The number of nitrogens with zero attached hydrogens (tertiary/aromatic N) is 1. The van der Waals surface area contributed by atoms with E-state index in [0.29, 0.717) is 4.90 Å². The van der Waals surface area contributed by atoms with Gasteiger partial charge in [0.2, 0.25) is 0 Å². The zero-order chi connectivity index (χ0) is 16.3. The SMILES string of the molecule is FC(F)(F)c1ccc(SNc2cn[nH]c2-c2ccccc2)cc1. The molecule has 0 atom stereocenters. The minimum Gasteiger partial charge on any atom is -0.322 e. The average molecular weight is 335 g/mol. The van der Waals surface area contributed by atoms with Gasteiger partial charge in [0.25, 0.3) is 0 Å². The Kier molecular flexibility index (Phi) is 4.29. The highest BCUT2D eigenvalue weighted by Crippen LogP contribution is 2.32. The van der Waals surface area contributed by atoms with Crippen LogP contribution in [0.2, 0.25) is 0 Å². The Morgan fingerprint density at radius 2 is 1.65 bits per heavy atom. The third-order valence-electron chi connectivity index (χ3n) is 3.16. The highest BCUT2D eigenvalue weighted by atomic mass is 32.2. The summed E-state index contributed by atoms with van der Waals surface area (Å²) in [4.78, 5) is 0.679. The number of nitrogens with one attached hydrogen (secondary N) is 2. The van der Waals surface area contributed by atoms with Gasteiger partial charge in [-0.15, -0.1) is 0 Å². The molecule has 118 valence electrons. The van der Waals surface area contributed by atoms with Crippen LogP contribution in [0.15, 0.2) is 65.7 Å². The van der Waals surface area contributed by atoms with Crippen molar-refractivity contribution in [3.05, 3.63) is 66.4 Å². The number of alkyl halides is 3. The van der Waals surface area contributed by atoms with Gasteiger partial charge in [0.1, 0.15) is 0 Å². The van der Waals surface area contributed by atoms with Crippen molar-refractivity contribution in [2.45, 2.75) is 11.1 Å². The van der Waals surface area contributed by atoms with E-state index in [4.69, 9.17) is 0 Å². The first kappa shape index (κ1) is 15.5. The van der Waals surface area contributed by atoms with E-state index < -0.39 is 11.7 Å². The van der Waals surface area contributed by atoms with Gasteiger partial charge in [-0.2, -0.15) is 18.3 Å². The highest BCUT2D eigenvalue weighted by Gasteiger charge is 2.29. The number of benzene rings is 2. The lowest BCUT2D eigenvalue weighted by Crippen LogP contribution is -2.04. The van der Waals surface area contributed by atoms with E-state index in [2.05, 4.69) is 14.9 Å². The topological polar surface area (TPSA) is 40.7 Å². The molecule has 7 heteroatoms. The summed E-state index contributed by atoms with van der Waals surface area (Å²) in [5.74, 6) is 0. The molecule has 23 heavy (non-hydrogen) atoms. The zero-order valence-electron chi connectivity index (χ0n) is 11.8. The Morgan fingerprint density at radius 1 is 0.957 bits per heavy atom. The number of rotatable bonds is 4. The Hall–Kier alpha value is -2.41. The second-order valence-electron chi connectivity index (χ2n) is 4.75. The van der Waals surface area contributed by atoms with Crippen LogP contribution in [0.3, 0.4) is 0 Å². The van der Waals surface area contributed by atoms with Gasteiger partial charge in [-0.05, 0) is 36.2 Å². The minimum absolute atomic E-state index is 0.657. The predicted molar refractivity (Wildman–Crippen MR) is 84.9 cm³/mol. The molecule has 1 aromatic heterocycles. The van der Waals surface area contributed by atoms with Gasteiger partial charge in [-0.3, -0.25) is 5.10 Å². The van der Waals surface area contributed by atoms with Crippen LogP contribution in [0.5, 0.6) is 0 Å². The monoisotopic (exact) mass is 335 g/mol. The standard InChI is InChI=1S/C16H12F3N3S/c17-16(18,19)12-6-8-13(9-7-12)23-22-14-10-20-21-15(14)11-4-2-1-3-5-11/h1-10,22H,(H,20,21). The molecule has 0 saturated carbocycles. The highest BCUT2D eigenvalue weighted by molar-refractivity contribution is 8.00. The molecular weight excluding hydrogens is 323 g/mol. The van der Waals surface area contributed by atoms with Crippen molar-refractivity contribution in [3.8, 4) is 11.3 Å². The second kappa shape index (κ2) is 6.37. The van der Waals surface area contributed by atoms with E-state index in [1.807, 2.05) is 30.3 Å². The van der Waals surface area contributed by atoms with Gasteiger partial charge < -0.3 is 4.72 Å². The van der Waals surface area contributed by atoms with E-state index in [-0.39, 0.29) is 0 Å². The van der Waals surface area contributed by atoms with Crippen LogP contribution in [0.25, 0.3) is 11.3 Å². The number of halogens is 3. The molecule has 3 rings (SSSR count). The Bertz CT molecular complexity index is 767. The van der Waals surface area contributed by atoms with Gasteiger partial charge >= 0.3 is 6.18 Å². The number of aromatic amines is 1. The van der Waals surface area contributed by atoms with Crippen molar-refractivity contribution < 1.29 is 13.2 Å². The van der Waals surface area contributed by atoms with Crippen LogP contribution in [0.1, 0.15) is 5.56 Å². The van der Waals surface area contributed by atoms with Crippen molar-refractivity contribution in [1.29, 1.82) is 0 Å². The normalized spacial score (nSPS) is 11.4. The molecule has 0 bridgehead atoms. The molecule has 0 spiro atoms. The van der Waals surface area contributed by atoms with Gasteiger partial charge in [-0.1, -0.05) is 30.3 Å². The molecule has 3 aromatic rings. The summed E-state index contributed by atoms with van der Waals surface area (Å²) in [6.07, 6.45) is -2.68. The van der Waals surface area contributed by atoms with Gasteiger partial charge in [0.15, 0.2) is 0 Å². The Labute approximate surface area is 135 Å². The maximum absolute atomic E-state index is 12.5. The van der Waals surface area contributed by atoms with Crippen molar-refractivity contribution in [2.75, 3.05) is 4.72 Å². The second-order valence-corrected chi connectivity index (χ2v) is 5.63. The zero-order valence-corrected chi connectivity index (χ0v) is 12.6. The first-order chi connectivity index (χ1) is 11.0. The smallest absolute Gasteiger partial charge is 0.322 e. The quantitative estimate of drug-likeness (QED) is 0.643. The molecule has 0 unspecified atom stereocenters. The van der Waals surface area contributed by atoms with Gasteiger partial charge in [-0.25, -0.2) is 0 Å². The fraction of sp³-hybridized carbons (Fsp3) is 0.0625. The molecule has 1 heterocycles. The van der Waals surface area contributed by atoms with E-state index in [1.54, 1.807) is 6.20 Å². The first-order valence-electron chi connectivity index (χ1n) is 6.73. The van der Waals surface area contributed by atoms with E-state index >= 15 is 0 Å². The van der Waals surface area contributed by atoms with E-state index in [0.717, 1.165) is 29.1 Å². The van der Waals surface area contributed by atoms with E-state index in [1.165, 1.54) is 24.1 Å². The van der Waals surface area contributed by atoms with E-state index in [9.17, 15) is 13.2 Å². The van der Waals surface area contributed by atoms with Crippen molar-refractivity contribution >= 4 is 17.6 Å². The van der Waals surface area contributed by atoms with Crippen LogP contribution in [0.4, 0.5) is 18.9 Å². The molecule has 0 radical (unpaired) electrons. The Balaban J connectivity index is 1.71. The maximum Gasteiger partial charge on any atom is 0.416 e.